The third-order valence-electron chi connectivity index (χ3n) is 3.91. The maximum Gasteiger partial charge on any atom is 0.240 e. The van der Waals surface area contributed by atoms with Crippen molar-refractivity contribution in [1.29, 1.82) is 0 Å². The van der Waals surface area contributed by atoms with Crippen LogP contribution in [0.4, 0.5) is 5.13 Å². The molecule has 3 rings (SSSR count). The number of furan rings is 1. The average Bonchev–Trinajstić information content (AvgIpc) is 3.21. The number of amides is 1. The highest BCUT2D eigenvalue weighted by atomic mass is 32.1. The van der Waals surface area contributed by atoms with E-state index in [0.717, 1.165) is 31.2 Å². The summed E-state index contributed by atoms with van der Waals surface area (Å²) in [7, 11) is 0. The van der Waals surface area contributed by atoms with Crippen molar-refractivity contribution in [1.82, 2.24) is 20.0 Å². The molecule has 0 unspecified atom stereocenters. The van der Waals surface area contributed by atoms with E-state index in [1.165, 1.54) is 11.3 Å². The fraction of sp³-hybridized carbons (Fsp3) is 0.533. The third kappa shape index (κ3) is 4.60. The van der Waals surface area contributed by atoms with Gasteiger partial charge in [0.1, 0.15) is 16.9 Å². The Morgan fingerprint density at radius 2 is 2.12 bits per heavy atom. The fourth-order valence-corrected chi connectivity index (χ4v) is 3.26. The summed E-state index contributed by atoms with van der Waals surface area (Å²) in [6, 6.07) is 3.55. The maximum atomic E-state index is 12.0. The van der Waals surface area contributed by atoms with E-state index in [9.17, 15) is 9.90 Å². The Morgan fingerprint density at radius 1 is 1.38 bits per heavy atom. The number of piperazine rings is 1. The molecule has 0 bridgehead atoms. The van der Waals surface area contributed by atoms with Gasteiger partial charge < -0.3 is 9.52 Å². The number of hydrogen-bond acceptors (Lipinski definition) is 8. The number of carbonyl (C=O) groups excluding carboxylic acids is 1. The number of aliphatic hydroxyl groups excluding tert-OH is 1. The van der Waals surface area contributed by atoms with Gasteiger partial charge in [0.2, 0.25) is 11.0 Å². The SMILES string of the molecule is Cc1nnc(NC(=O)CN2CCN(C[C@@H](O)c3ccco3)CC2)s1. The van der Waals surface area contributed by atoms with Crippen LogP contribution in [-0.4, -0.2) is 70.3 Å². The van der Waals surface area contributed by atoms with Crippen molar-refractivity contribution in [2.45, 2.75) is 13.0 Å². The van der Waals surface area contributed by atoms with Gasteiger partial charge in [-0.2, -0.15) is 0 Å². The summed E-state index contributed by atoms with van der Waals surface area (Å²) in [4.78, 5) is 16.3. The molecule has 0 radical (unpaired) electrons. The van der Waals surface area contributed by atoms with Gasteiger partial charge in [0, 0.05) is 32.7 Å². The molecule has 1 aliphatic rings. The smallest absolute Gasteiger partial charge is 0.240 e. The molecule has 1 atom stereocenters. The Bertz CT molecular complexity index is 652. The highest BCUT2D eigenvalue weighted by Gasteiger charge is 2.22. The largest absolute Gasteiger partial charge is 0.467 e. The highest BCUT2D eigenvalue weighted by Crippen LogP contribution is 2.16. The molecule has 2 N–H and O–H groups in total. The summed E-state index contributed by atoms with van der Waals surface area (Å²) in [5.74, 6) is 0.513. The zero-order chi connectivity index (χ0) is 16.9. The van der Waals surface area contributed by atoms with Crippen LogP contribution >= 0.6 is 11.3 Å². The van der Waals surface area contributed by atoms with E-state index in [0.29, 0.717) is 24.0 Å². The molecule has 1 fully saturated rings. The van der Waals surface area contributed by atoms with Gasteiger partial charge in [-0.1, -0.05) is 11.3 Å². The first-order valence-electron chi connectivity index (χ1n) is 7.86. The van der Waals surface area contributed by atoms with Gasteiger partial charge in [0.05, 0.1) is 12.8 Å². The van der Waals surface area contributed by atoms with Crippen LogP contribution in [0.25, 0.3) is 0 Å². The van der Waals surface area contributed by atoms with Crippen molar-refractivity contribution in [3.05, 3.63) is 29.2 Å². The minimum absolute atomic E-state index is 0.0739. The Balaban J connectivity index is 1.39. The third-order valence-corrected chi connectivity index (χ3v) is 4.66. The Hall–Kier alpha value is -1.81. The number of nitrogens with zero attached hydrogens (tertiary/aromatic N) is 4. The standard InChI is InChI=1S/C15H21N5O3S/c1-11-17-18-15(24-11)16-14(22)10-20-6-4-19(5-7-20)9-12(21)13-3-2-8-23-13/h2-3,8,12,21H,4-7,9-10H2,1H3,(H,16,18,22)/t12-/m1/s1. The maximum absolute atomic E-state index is 12.0. The van der Waals surface area contributed by atoms with Crippen molar-refractivity contribution in [2.24, 2.45) is 0 Å². The predicted octanol–water partition coefficient (Wildman–Crippen LogP) is 0.729. The van der Waals surface area contributed by atoms with E-state index in [1.54, 1.807) is 18.4 Å². The first-order chi connectivity index (χ1) is 11.6. The number of aliphatic hydroxyl groups is 1. The summed E-state index contributed by atoms with van der Waals surface area (Å²) in [5.41, 5.74) is 0. The van der Waals surface area contributed by atoms with Crippen LogP contribution in [0, 0.1) is 6.92 Å². The quantitative estimate of drug-likeness (QED) is 0.792. The van der Waals surface area contributed by atoms with Crippen molar-refractivity contribution in [3.63, 3.8) is 0 Å². The van der Waals surface area contributed by atoms with E-state index in [-0.39, 0.29) is 5.91 Å². The fourth-order valence-electron chi connectivity index (χ4n) is 2.65. The van der Waals surface area contributed by atoms with Crippen LogP contribution in [0.5, 0.6) is 0 Å². The summed E-state index contributed by atoms with van der Waals surface area (Å²) >= 11 is 1.37. The predicted molar refractivity (Wildman–Crippen MR) is 89.8 cm³/mol. The minimum atomic E-state index is -0.615. The lowest BCUT2D eigenvalue weighted by molar-refractivity contribution is -0.117. The Labute approximate surface area is 144 Å². The number of anilines is 1. The van der Waals surface area contributed by atoms with Crippen LogP contribution in [0.3, 0.4) is 0 Å². The monoisotopic (exact) mass is 351 g/mol. The van der Waals surface area contributed by atoms with Crippen LogP contribution in [-0.2, 0) is 4.79 Å². The molecule has 2 aromatic rings. The second kappa shape index (κ2) is 7.84. The van der Waals surface area contributed by atoms with Crippen LogP contribution in [0.15, 0.2) is 22.8 Å². The number of rotatable bonds is 6. The van der Waals surface area contributed by atoms with Gasteiger partial charge in [-0.15, -0.1) is 10.2 Å². The zero-order valence-corrected chi connectivity index (χ0v) is 14.3. The lowest BCUT2D eigenvalue weighted by Crippen LogP contribution is -2.49. The number of carbonyl (C=O) groups is 1. The Morgan fingerprint density at radius 3 is 2.75 bits per heavy atom. The summed E-state index contributed by atoms with van der Waals surface area (Å²) < 4.78 is 5.22. The van der Waals surface area contributed by atoms with Gasteiger partial charge in [-0.3, -0.25) is 19.9 Å². The van der Waals surface area contributed by atoms with Gasteiger partial charge in [0.25, 0.3) is 0 Å². The number of nitrogens with one attached hydrogen (secondary N) is 1. The first kappa shape index (κ1) is 17.0. The minimum Gasteiger partial charge on any atom is -0.467 e. The second-order valence-corrected chi connectivity index (χ2v) is 6.96. The molecule has 3 heterocycles. The highest BCUT2D eigenvalue weighted by molar-refractivity contribution is 7.15. The van der Waals surface area contributed by atoms with Gasteiger partial charge in [-0.05, 0) is 19.1 Å². The molecule has 130 valence electrons. The molecular weight excluding hydrogens is 330 g/mol. The molecule has 1 aliphatic heterocycles. The summed E-state index contributed by atoms with van der Waals surface area (Å²) in [6.07, 6.45) is 0.949. The molecule has 0 saturated carbocycles. The van der Waals surface area contributed by atoms with Crippen LogP contribution in [0.1, 0.15) is 16.9 Å². The van der Waals surface area contributed by atoms with Gasteiger partial charge in [0.15, 0.2) is 0 Å². The molecule has 2 aromatic heterocycles. The molecule has 8 nitrogen and oxygen atoms in total. The van der Waals surface area contributed by atoms with E-state index in [1.807, 2.05) is 6.92 Å². The van der Waals surface area contributed by atoms with E-state index in [4.69, 9.17) is 4.42 Å². The van der Waals surface area contributed by atoms with E-state index < -0.39 is 6.10 Å². The van der Waals surface area contributed by atoms with Crippen molar-refractivity contribution in [2.75, 3.05) is 44.6 Å². The lowest BCUT2D eigenvalue weighted by Gasteiger charge is -2.34. The zero-order valence-electron chi connectivity index (χ0n) is 13.5. The molecule has 1 saturated heterocycles. The van der Waals surface area contributed by atoms with Crippen LogP contribution < -0.4 is 5.32 Å². The molecular formula is C15H21N5O3S. The molecule has 24 heavy (non-hydrogen) atoms. The molecule has 0 spiro atoms. The van der Waals surface area contributed by atoms with Crippen molar-refractivity contribution >= 4 is 22.4 Å². The van der Waals surface area contributed by atoms with Gasteiger partial charge in [-0.25, -0.2) is 0 Å². The first-order valence-corrected chi connectivity index (χ1v) is 8.68. The number of hydrogen-bond donors (Lipinski definition) is 2. The second-order valence-electron chi connectivity index (χ2n) is 5.78. The van der Waals surface area contributed by atoms with Gasteiger partial charge >= 0.3 is 0 Å². The number of β-amino-alcohol motifs (C(OH)–C–C–N with tert-alkyl or cyclic N) is 1. The summed E-state index contributed by atoms with van der Waals surface area (Å²) in [5, 5.41) is 22.0. The molecule has 1 amide bonds. The Kier molecular flexibility index (Phi) is 5.56. The van der Waals surface area contributed by atoms with E-state index in [2.05, 4.69) is 25.3 Å². The molecule has 0 aliphatic carbocycles. The number of aryl methyl sites for hydroxylation is 1. The average molecular weight is 351 g/mol. The molecule has 0 aromatic carbocycles. The normalized spacial score (nSPS) is 17.8. The van der Waals surface area contributed by atoms with Crippen molar-refractivity contribution < 1.29 is 14.3 Å². The van der Waals surface area contributed by atoms with Crippen LogP contribution in [0.2, 0.25) is 0 Å². The lowest BCUT2D eigenvalue weighted by atomic mass is 10.2. The van der Waals surface area contributed by atoms with Crippen molar-refractivity contribution in [3.8, 4) is 0 Å². The van der Waals surface area contributed by atoms with E-state index >= 15 is 0 Å². The summed E-state index contributed by atoms with van der Waals surface area (Å²) in [6.45, 7) is 5.92. The number of aromatic nitrogens is 2. The molecule has 9 heteroatoms. The topological polar surface area (TPSA) is 94.7 Å².